The van der Waals surface area contributed by atoms with Crippen molar-refractivity contribution in [2.45, 2.75) is 20.3 Å². The molecule has 0 aliphatic heterocycles. The van der Waals surface area contributed by atoms with Crippen molar-refractivity contribution < 1.29 is 4.39 Å². The summed E-state index contributed by atoms with van der Waals surface area (Å²) < 4.78 is 13.0. The number of nitrogens with zero attached hydrogens (tertiary/aromatic N) is 2. The van der Waals surface area contributed by atoms with Crippen molar-refractivity contribution in [2.75, 3.05) is 11.9 Å². The minimum atomic E-state index is -0.341. The van der Waals surface area contributed by atoms with E-state index in [-0.39, 0.29) is 5.82 Å². The van der Waals surface area contributed by atoms with E-state index >= 15 is 0 Å². The van der Waals surface area contributed by atoms with Crippen molar-refractivity contribution in [3.8, 4) is 0 Å². The second-order valence-corrected chi connectivity index (χ2v) is 4.66. The summed E-state index contributed by atoms with van der Waals surface area (Å²) in [7, 11) is 0. The number of hydrogen-bond donors (Lipinski definition) is 1. The first-order valence-corrected chi connectivity index (χ1v) is 6.48. The van der Waals surface area contributed by atoms with Gasteiger partial charge in [0.2, 0.25) is 0 Å². The summed E-state index contributed by atoms with van der Waals surface area (Å²) in [4.78, 5) is 8.78. The van der Waals surface area contributed by atoms with Crippen molar-refractivity contribution in [3.63, 3.8) is 0 Å². The van der Waals surface area contributed by atoms with Gasteiger partial charge in [-0.1, -0.05) is 17.7 Å². The lowest BCUT2D eigenvalue weighted by Crippen LogP contribution is -2.05. The van der Waals surface area contributed by atoms with Gasteiger partial charge in [-0.2, -0.15) is 0 Å². The molecule has 2 rings (SSSR count). The molecule has 19 heavy (non-hydrogen) atoms. The van der Waals surface area contributed by atoms with Gasteiger partial charge < -0.3 is 5.32 Å². The zero-order chi connectivity index (χ0) is 13.8. The predicted molar refractivity (Wildman–Crippen MR) is 75.1 cm³/mol. The maximum Gasteiger partial charge on any atom is 0.135 e. The van der Waals surface area contributed by atoms with Gasteiger partial charge in [0.1, 0.15) is 17.5 Å². The van der Waals surface area contributed by atoms with E-state index in [0.717, 1.165) is 23.6 Å². The van der Waals surface area contributed by atoms with Crippen LogP contribution in [0.4, 0.5) is 10.2 Å². The highest BCUT2D eigenvalue weighted by atomic mass is 35.5. The molecule has 0 radical (unpaired) electrons. The van der Waals surface area contributed by atoms with Gasteiger partial charge in [0.15, 0.2) is 0 Å². The molecule has 0 atom stereocenters. The summed E-state index contributed by atoms with van der Waals surface area (Å²) >= 11 is 6.01. The standard InChI is InChI=1S/C14H15ClFN3/c1-3-17-13-6-9(2)18-14(19-13)7-10-4-5-11(16)8-12(10)15/h4-6,8H,3,7H2,1-2H3,(H,17,18,19). The monoisotopic (exact) mass is 279 g/mol. The Hall–Kier alpha value is -1.68. The Morgan fingerprint density at radius 1 is 1.26 bits per heavy atom. The molecule has 3 nitrogen and oxygen atoms in total. The lowest BCUT2D eigenvalue weighted by Gasteiger charge is -2.08. The molecule has 0 bridgehead atoms. The van der Waals surface area contributed by atoms with E-state index in [4.69, 9.17) is 11.6 Å². The average Bonchev–Trinajstić information content (AvgIpc) is 2.32. The van der Waals surface area contributed by atoms with E-state index in [1.54, 1.807) is 6.07 Å². The van der Waals surface area contributed by atoms with Gasteiger partial charge in [-0.25, -0.2) is 14.4 Å². The Bertz CT molecular complexity index is 587. The second kappa shape index (κ2) is 5.97. The number of aryl methyl sites for hydroxylation is 1. The van der Waals surface area contributed by atoms with Gasteiger partial charge in [-0.15, -0.1) is 0 Å². The number of benzene rings is 1. The average molecular weight is 280 g/mol. The summed E-state index contributed by atoms with van der Waals surface area (Å²) in [5.41, 5.74) is 1.70. The summed E-state index contributed by atoms with van der Waals surface area (Å²) in [6.07, 6.45) is 0.485. The molecule has 1 aromatic carbocycles. The van der Waals surface area contributed by atoms with Crippen LogP contribution < -0.4 is 5.32 Å². The molecule has 0 saturated carbocycles. The van der Waals surface area contributed by atoms with E-state index in [0.29, 0.717) is 17.3 Å². The zero-order valence-corrected chi connectivity index (χ0v) is 11.6. The van der Waals surface area contributed by atoms with Crippen molar-refractivity contribution in [3.05, 3.63) is 52.2 Å². The Balaban J connectivity index is 2.27. The highest BCUT2D eigenvalue weighted by Gasteiger charge is 2.07. The number of rotatable bonds is 4. The van der Waals surface area contributed by atoms with Crippen LogP contribution in [0.3, 0.4) is 0 Å². The maximum absolute atomic E-state index is 13.0. The van der Waals surface area contributed by atoms with Gasteiger partial charge >= 0.3 is 0 Å². The molecule has 0 unspecified atom stereocenters. The molecule has 0 aliphatic rings. The van der Waals surface area contributed by atoms with Crippen LogP contribution in [-0.2, 0) is 6.42 Å². The molecular formula is C14H15ClFN3. The first-order chi connectivity index (χ1) is 9.08. The Morgan fingerprint density at radius 2 is 2.05 bits per heavy atom. The van der Waals surface area contributed by atoms with Crippen LogP contribution in [0.1, 0.15) is 24.0 Å². The quantitative estimate of drug-likeness (QED) is 0.929. The third-order valence-electron chi connectivity index (χ3n) is 2.62. The van der Waals surface area contributed by atoms with E-state index in [2.05, 4.69) is 15.3 Å². The third-order valence-corrected chi connectivity index (χ3v) is 2.97. The zero-order valence-electron chi connectivity index (χ0n) is 10.9. The summed E-state index contributed by atoms with van der Waals surface area (Å²) in [6, 6.07) is 6.25. The smallest absolute Gasteiger partial charge is 0.135 e. The van der Waals surface area contributed by atoms with Crippen molar-refractivity contribution in [2.24, 2.45) is 0 Å². The van der Waals surface area contributed by atoms with Gasteiger partial charge in [-0.05, 0) is 31.5 Å². The van der Waals surface area contributed by atoms with Crippen molar-refractivity contribution in [1.29, 1.82) is 0 Å². The molecule has 0 amide bonds. The Morgan fingerprint density at radius 3 is 2.74 bits per heavy atom. The molecule has 2 aromatic rings. The predicted octanol–water partition coefficient (Wildman–Crippen LogP) is 3.60. The molecule has 0 saturated heterocycles. The van der Waals surface area contributed by atoms with Gasteiger partial charge in [-0.3, -0.25) is 0 Å². The highest BCUT2D eigenvalue weighted by molar-refractivity contribution is 6.31. The minimum absolute atomic E-state index is 0.341. The van der Waals surface area contributed by atoms with Crippen LogP contribution in [-0.4, -0.2) is 16.5 Å². The minimum Gasteiger partial charge on any atom is -0.370 e. The lowest BCUT2D eigenvalue weighted by molar-refractivity contribution is 0.627. The fourth-order valence-electron chi connectivity index (χ4n) is 1.82. The summed E-state index contributed by atoms with van der Waals surface area (Å²) in [5, 5.41) is 3.55. The van der Waals surface area contributed by atoms with E-state index < -0.39 is 0 Å². The molecular weight excluding hydrogens is 265 g/mol. The van der Waals surface area contributed by atoms with E-state index in [1.165, 1.54) is 12.1 Å². The van der Waals surface area contributed by atoms with Gasteiger partial charge in [0, 0.05) is 29.7 Å². The highest BCUT2D eigenvalue weighted by Crippen LogP contribution is 2.20. The molecule has 0 fully saturated rings. The summed E-state index contributed by atoms with van der Waals surface area (Å²) in [5.74, 6) is 1.12. The van der Waals surface area contributed by atoms with Crippen LogP contribution >= 0.6 is 11.6 Å². The third kappa shape index (κ3) is 3.64. The normalized spacial score (nSPS) is 10.5. The molecule has 1 heterocycles. The molecule has 0 spiro atoms. The number of hydrogen-bond acceptors (Lipinski definition) is 3. The van der Waals surface area contributed by atoms with Crippen molar-refractivity contribution >= 4 is 17.4 Å². The Kier molecular flexibility index (Phi) is 4.32. The first-order valence-electron chi connectivity index (χ1n) is 6.11. The van der Waals surface area contributed by atoms with Crippen LogP contribution in [0.25, 0.3) is 0 Å². The van der Waals surface area contributed by atoms with Crippen LogP contribution in [0.5, 0.6) is 0 Å². The molecule has 1 N–H and O–H groups in total. The van der Waals surface area contributed by atoms with Crippen LogP contribution in [0, 0.1) is 12.7 Å². The second-order valence-electron chi connectivity index (χ2n) is 4.25. The number of anilines is 1. The van der Waals surface area contributed by atoms with E-state index in [9.17, 15) is 4.39 Å². The van der Waals surface area contributed by atoms with Gasteiger partial charge in [0.25, 0.3) is 0 Å². The molecule has 1 aromatic heterocycles. The maximum atomic E-state index is 13.0. The van der Waals surface area contributed by atoms with Crippen LogP contribution in [0.15, 0.2) is 24.3 Å². The molecule has 100 valence electrons. The number of aromatic nitrogens is 2. The fraction of sp³-hybridized carbons (Fsp3) is 0.286. The van der Waals surface area contributed by atoms with Gasteiger partial charge in [0.05, 0.1) is 0 Å². The Labute approximate surface area is 116 Å². The topological polar surface area (TPSA) is 37.8 Å². The largest absolute Gasteiger partial charge is 0.370 e. The number of nitrogens with one attached hydrogen (secondary N) is 1. The SMILES string of the molecule is CCNc1cc(C)nc(Cc2ccc(F)cc2Cl)n1. The van der Waals surface area contributed by atoms with E-state index in [1.807, 2.05) is 19.9 Å². The summed E-state index contributed by atoms with van der Waals surface area (Å²) in [6.45, 7) is 4.72. The lowest BCUT2D eigenvalue weighted by atomic mass is 10.1. The first kappa shape index (κ1) is 13.7. The van der Waals surface area contributed by atoms with Crippen molar-refractivity contribution in [1.82, 2.24) is 9.97 Å². The van der Waals surface area contributed by atoms with Crippen LogP contribution in [0.2, 0.25) is 5.02 Å². The number of halogens is 2. The fourth-order valence-corrected chi connectivity index (χ4v) is 2.05. The molecule has 5 heteroatoms. The molecule has 0 aliphatic carbocycles.